The zero-order valence-corrected chi connectivity index (χ0v) is 16.9. The zero-order chi connectivity index (χ0) is 20.1. The number of aromatic nitrogens is 2. The van der Waals surface area contributed by atoms with Crippen LogP contribution in [0.3, 0.4) is 0 Å². The molecule has 5 nitrogen and oxygen atoms in total. The van der Waals surface area contributed by atoms with E-state index < -0.39 is 0 Å². The summed E-state index contributed by atoms with van der Waals surface area (Å²) in [6.45, 7) is 1.80. The molecule has 0 amide bonds. The first-order valence-corrected chi connectivity index (χ1v) is 10.8. The molecule has 0 aliphatic carbocycles. The lowest BCUT2D eigenvalue weighted by atomic mass is 10.2. The lowest BCUT2D eigenvalue weighted by molar-refractivity contribution is 0.0937. The van der Waals surface area contributed by atoms with E-state index in [0.717, 1.165) is 31.6 Å². The van der Waals surface area contributed by atoms with Gasteiger partial charge in [-0.3, -0.25) is 9.36 Å². The molecule has 2 aromatic carbocycles. The molecule has 1 fully saturated rings. The highest BCUT2D eigenvalue weighted by Crippen LogP contribution is 2.22. The lowest BCUT2D eigenvalue weighted by Gasteiger charge is -2.16. The van der Waals surface area contributed by atoms with Crippen LogP contribution in [0.5, 0.6) is 5.75 Å². The first kappa shape index (κ1) is 19.9. The van der Waals surface area contributed by atoms with Crippen molar-refractivity contribution >= 4 is 22.7 Å². The Morgan fingerprint density at radius 2 is 2.03 bits per heavy atom. The molecule has 1 atom stereocenters. The summed E-state index contributed by atoms with van der Waals surface area (Å²) in [5.41, 5.74) is 0.697. The molecular formula is C22H23FN2O3S. The minimum Gasteiger partial charge on any atom is -0.494 e. The summed E-state index contributed by atoms with van der Waals surface area (Å²) >= 11 is 1.55. The van der Waals surface area contributed by atoms with Crippen molar-refractivity contribution < 1.29 is 13.9 Å². The topological polar surface area (TPSA) is 53.3 Å². The van der Waals surface area contributed by atoms with Gasteiger partial charge < -0.3 is 9.47 Å². The van der Waals surface area contributed by atoms with Gasteiger partial charge in [-0.15, -0.1) is 0 Å². The molecular weight excluding hydrogens is 391 g/mol. The maximum Gasteiger partial charge on any atom is 0.262 e. The van der Waals surface area contributed by atoms with Crippen molar-refractivity contribution in [1.82, 2.24) is 9.55 Å². The third-order valence-corrected chi connectivity index (χ3v) is 5.90. The van der Waals surface area contributed by atoms with Crippen LogP contribution in [0, 0.1) is 5.82 Å². The van der Waals surface area contributed by atoms with Crippen LogP contribution >= 0.6 is 11.8 Å². The fourth-order valence-electron chi connectivity index (χ4n) is 3.35. The molecule has 2 heterocycles. The van der Waals surface area contributed by atoms with Crippen LogP contribution in [0.2, 0.25) is 0 Å². The number of thioether (sulfide) groups is 1. The van der Waals surface area contributed by atoms with Crippen molar-refractivity contribution in [2.75, 3.05) is 19.0 Å². The monoisotopic (exact) mass is 414 g/mol. The predicted molar refractivity (Wildman–Crippen MR) is 112 cm³/mol. The van der Waals surface area contributed by atoms with Gasteiger partial charge in [-0.2, -0.15) is 0 Å². The van der Waals surface area contributed by atoms with Gasteiger partial charge in [0.2, 0.25) is 0 Å². The largest absolute Gasteiger partial charge is 0.494 e. The number of hydrogen-bond donors (Lipinski definition) is 0. The molecule has 3 aromatic rings. The summed E-state index contributed by atoms with van der Waals surface area (Å²) in [5.74, 6) is 1.13. The Morgan fingerprint density at radius 1 is 1.21 bits per heavy atom. The van der Waals surface area contributed by atoms with Gasteiger partial charge in [0.1, 0.15) is 11.6 Å². The minimum absolute atomic E-state index is 0.0174. The summed E-state index contributed by atoms with van der Waals surface area (Å²) in [4.78, 5) is 17.8. The normalized spacial score (nSPS) is 16.4. The predicted octanol–water partition coefficient (Wildman–Crippen LogP) is 4.28. The van der Waals surface area contributed by atoms with Gasteiger partial charge in [0, 0.05) is 12.4 Å². The second kappa shape index (κ2) is 9.41. The maximum atomic E-state index is 13.0. The van der Waals surface area contributed by atoms with Crippen LogP contribution in [0.1, 0.15) is 19.3 Å². The van der Waals surface area contributed by atoms with E-state index in [9.17, 15) is 9.18 Å². The first-order chi connectivity index (χ1) is 14.2. The van der Waals surface area contributed by atoms with E-state index in [4.69, 9.17) is 14.5 Å². The zero-order valence-electron chi connectivity index (χ0n) is 16.1. The third-order valence-electron chi connectivity index (χ3n) is 4.84. The lowest BCUT2D eigenvalue weighted by Crippen LogP contribution is -2.28. The number of para-hydroxylation sites is 1. The van der Waals surface area contributed by atoms with E-state index in [-0.39, 0.29) is 17.5 Å². The van der Waals surface area contributed by atoms with Gasteiger partial charge in [-0.05, 0) is 55.7 Å². The summed E-state index contributed by atoms with van der Waals surface area (Å²) in [5, 5.41) is 1.35. The average Bonchev–Trinajstić information content (AvgIpc) is 3.25. The molecule has 1 aliphatic rings. The van der Waals surface area contributed by atoms with Gasteiger partial charge in [0.05, 0.1) is 30.2 Å². The van der Waals surface area contributed by atoms with E-state index in [1.165, 1.54) is 12.1 Å². The fourth-order valence-corrected chi connectivity index (χ4v) is 4.27. The van der Waals surface area contributed by atoms with Gasteiger partial charge in [-0.25, -0.2) is 9.37 Å². The third kappa shape index (κ3) is 4.97. The Bertz CT molecular complexity index is 1020. The van der Waals surface area contributed by atoms with Gasteiger partial charge in [0.15, 0.2) is 5.16 Å². The number of halogens is 1. The van der Waals surface area contributed by atoms with E-state index in [1.807, 2.05) is 24.3 Å². The van der Waals surface area contributed by atoms with Crippen molar-refractivity contribution in [3.63, 3.8) is 0 Å². The molecule has 0 saturated carbocycles. The van der Waals surface area contributed by atoms with Crippen LogP contribution in [-0.4, -0.2) is 34.6 Å². The number of rotatable bonds is 8. The molecule has 29 heavy (non-hydrogen) atoms. The molecule has 1 aliphatic heterocycles. The van der Waals surface area contributed by atoms with Crippen LogP contribution in [-0.2, 0) is 11.3 Å². The summed E-state index contributed by atoms with van der Waals surface area (Å²) in [6.07, 6.45) is 2.85. The number of ether oxygens (including phenoxy) is 2. The summed E-state index contributed by atoms with van der Waals surface area (Å²) in [7, 11) is 0. The molecule has 1 saturated heterocycles. The van der Waals surface area contributed by atoms with Crippen molar-refractivity contribution in [1.29, 1.82) is 0 Å². The quantitative estimate of drug-likeness (QED) is 0.313. The Kier molecular flexibility index (Phi) is 6.46. The van der Waals surface area contributed by atoms with Crippen LogP contribution in [0.25, 0.3) is 10.9 Å². The Labute approximate surface area is 172 Å². The molecule has 152 valence electrons. The standard InChI is InChI=1S/C22H23FN2O3S/c23-16-8-10-17(11-9-16)27-13-4-14-29-22-24-20-7-2-1-6-19(20)21(26)25(22)15-18-5-3-12-28-18/h1-2,6-11,18H,3-5,12-15H2/t18-/m0/s1. The number of fused-ring (bicyclic) bond motifs is 1. The molecule has 0 unspecified atom stereocenters. The van der Waals surface area contributed by atoms with E-state index in [2.05, 4.69) is 0 Å². The van der Waals surface area contributed by atoms with E-state index in [1.54, 1.807) is 28.5 Å². The molecule has 7 heteroatoms. The molecule has 0 spiro atoms. The molecule has 1 aromatic heterocycles. The van der Waals surface area contributed by atoms with Gasteiger partial charge >= 0.3 is 0 Å². The van der Waals surface area contributed by atoms with Crippen LogP contribution in [0.4, 0.5) is 4.39 Å². The van der Waals surface area contributed by atoms with Crippen molar-refractivity contribution in [2.45, 2.75) is 37.1 Å². The van der Waals surface area contributed by atoms with Crippen LogP contribution < -0.4 is 10.3 Å². The van der Waals surface area contributed by atoms with E-state index >= 15 is 0 Å². The van der Waals surface area contributed by atoms with E-state index in [0.29, 0.717) is 35.0 Å². The van der Waals surface area contributed by atoms with Gasteiger partial charge in [-0.1, -0.05) is 23.9 Å². The van der Waals surface area contributed by atoms with Gasteiger partial charge in [0.25, 0.3) is 5.56 Å². The Morgan fingerprint density at radius 3 is 2.83 bits per heavy atom. The highest BCUT2D eigenvalue weighted by atomic mass is 32.2. The minimum atomic E-state index is -0.278. The van der Waals surface area contributed by atoms with Crippen molar-refractivity contribution in [2.24, 2.45) is 0 Å². The number of hydrogen-bond acceptors (Lipinski definition) is 5. The Balaban J connectivity index is 1.43. The summed E-state index contributed by atoms with van der Waals surface area (Å²) in [6, 6.07) is 13.4. The molecule has 0 radical (unpaired) electrons. The second-order valence-corrected chi connectivity index (χ2v) is 8.03. The van der Waals surface area contributed by atoms with Crippen molar-refractivity contribution in [3.05, 3.63) is 64.7 Å². The highest BCUT2D eigenvalue weighted by molar-refractivity contribution is 7.99. The average molecular weight is 415 g/mol. The molecule has 0 N–H and O–H groups in total. The number of benzene rings is 2. The SMILES string of the molecule is O=c1c2ccccc2nc(SCCCOc2ccc(F)cc2)n1C[C@@H]1CCCO1. The number of nitrogens with zero attached hydrogens (tertiary/aromatic N) is 2. The smallest absolute Gasteiger partial charge is 0.262 e. The summed E-state index contributed by atoms with van der Waals surface area (Å²) < 4.78 is 26.1. The maximum absolute atomic E-state index is 13.0. The second-order valence-electron chi connectivity index (χ2n) is 6.97. The molecule has 0 bridgehead atoms. The molecule has 4 rings (SSSR count). The van der Waals surface area contributed by atoms with Crippen LogP contribution in [0.15, 0.2) is 58.5 Å². The first-order valence-electron chi connectivity index (χ1n) is 9.83. The Hall–Kier alpha value is -2.38. The fraction of sp³-hybridized carbons (Fsp3) is 0.364. The van der Waals surface area contributed by atoms with Crippen molar-refractivity contribution in [3.8, 4) is 5.75 Å². The highest BCUT2D eigenvalue weighted by Gasteiger charge is 2.20.